The molecule has 0 spiro atoms. The second kappa shape index (κ2) is 6.34. The van der Waals surface area contributed by atoms with E-state index in [1.54, 1.807) is 24.3 Å². The quantitative estimate of drug-likeness (QED) is 0.345. The van der Waals surface area contributed by atoms with Gasteiger partial charge in [-0.3, -0.25) is 9.59 Å². The Kier molecular flexibility index (Phi) is 4.66. The first kappa shape index (κ1) is 16.9. The number of hydrogen-bond acceptors (Lipinski definition) is 5. The van der Waals surface area contributed by atoms with E-state index < -0.39 is 5.97 Å². The summed E-state index contributed by atoms with van der Waals surface area (Å²) in [6, 6.07) is 8.30. The Hall–Kier alpha value is -2.47. The van der Waals surface area contributed by atoms with Gasteiger partial charge in [0.05, 0.1) is 13.2 Å². The molecule has 0 aliphatic rings. The molecule has 3 rings (SSSR count). The summed E-state index contributed by atoms with van der Waals surface area (Å²) in [6.45, 7) is 1.35. The minimum atomic E-state index is -0.622. The van der Waals surface area contributed by atoms with Crippen LogP contribution in [0.3, 0.4) is 0 Å². The molecule has 2 radical (unpaired) electrons. The number of carbonyl (C=O) groups is 2. The molecule has 0 unspecified atom stereocenters. The molecule has 1 heterocycles. The Morgan fingerprint density at radius 2 is 1.87 bits per heavy atom. The molecule has 7 heteroatoms. The first-order valence-corrected chi connectivity index (χ1v) is 6.61. The number of fused-ring (bicyclic) bond motifs is 2. The number of phenolic OH excluding ortho intramolecular Hbond substituents is 1. The number of furan rings is 1. The maximum atomic E-state index is 11.6. The number of carbonyl (C=O) groups excluding carboxylic acids is 2. The summed E-state index contributed by atoms with van der Waals surface area (Å²) in [7, 11) is 5.29. The number of rotatable bonds is 3. The molecular weight excluding hydrogens is 318 g/mol. The third-order valence-electron chi connectivity index (χ3n) is 3.35. The number of hydrogen-bond donors (Lipinski definition) is 1. The predicted octanol–water partition coefficient (Wildman–Crippen LogP) is 3.41. The summed E-state index contributed by atoms with van der Waals surface area (Å²) in [6.07, 6.45) is -0.284. The molecule has 116 valence electrons. The number of aromatic hydroxyl groups is 1. The minimum Gasteiger partial charge on any atom is -0.504 e. The molecule has 0 bridgehead atoms. The fraction of sp³-hybridized carbons (Fsp3) is 0.125. The van der Waals surface area contributed by atoms with Gasteiger partial charge in [-0.2, -0.15) is 0 Å². The zero-order chi connectivity index (χ0) is 15.9. The fourth-order valence-corrected chi connectivity index (χ4v) is 2.33. The van der Waals surface area contributed by atoms with Crippen LogP contribution in [0.1, 0.15) is 17.5 Å². The van der Waals surface area contributed by atoms with Crippen LogP contribution in [0.15, 0.2) is 34.7 Å². The largest absolute Gasteiger partial charge is 0.504 e. The van der Waals surface area contributed by atoms with Gasteiger partial charge in [0.25, 0.3) is 0 Å². The topological polar surface area (TPSA) is 76.7 Å². The molecular formula is C16H12BClO5. The monoisotopic (exact) mass is 330 g/mol. The fourth-order valence-electron chi connectivity index (χ4n) is 2.33. The molecule has 3 aromatic rings. The first-order valence-electron chi connectivity index (χ1n) is 6.61. The lowest BCUT2D eigenvalue weighted by Crippen LogP contribution is -2.07. The van der Waals surface area contributed by atoms with E-state index in [-0.39, 0.29) is 47.4 Å². The third kappa shape index (κ3) is 2.77. The summed E-state index contributed by atoms with van der Waals surface area (Å²) in [5.74, 6) is -0.732. The van der Waals surface area contributed by atoms with Crippen LogP contribution >= 0.6 is 12.4 Å². The van der Waals surface area contributed by atoms with Gasteiger partial charge in [0.1, 0.15) is 5.75 Å². The van der Waals surface area contributed by atoms with Gasteiger partial charge in [0.2, 0.25) is 0 Å². The molecule has 0 amide bonds. The first-order chi connectivity index (χ1) is 10.5. The summed E-state index contributed by atoms with van der Waals surface area (Å²) >= 11 is 0. The van der Waals surface area contributed by atoms with Gasteiger partial charge in [0, 0.05) is 24.0 Å². The number of ether oxygens (including phenoxy) is 1. The highest BCUT2D eigenvalue weighted by Gasteiger charge is 2.21. The summed E-state index contributed by atoms with van der Waals surface area (Å²) in [4.78, 5) is 23.1. The molecule has 0 fully saturated rings. The number of benzene rings is 2. The summed E-state index contributed by atoms with van der Waals surface area (Å²) in [5.41, 5.74) is 0.101. The van der Waals surface area contributed by atoms with Crippen molar-refractivity contribution in [3.8, 4) is 11.5 Å². The van der Waals surface area contributed by atoms with E-state index >= 15 is 0 Å². The number of halogens is 1. The molecule has 2 aromatic carbocycles. The molecule has 1 N–H and O–H groups in total. The number of ketones is 1. The average molecular weight is 331 g/mol. The van der Waals surface area contributed by atoms with Crippen molar-refractivity contribution in [3.05, 3.63) is 36.1 Å². The highest BCUT2D eigenvalue weighted by Crippen LogP contribution is 2.43. The van der Waals surface area contributed by atoms with Gasteiger partial charge in [-0.05, 0) is 6.07 Å². The van der Waals surface area contributed by atoms with Gasteiger partial charge in [0.15, 0.2) is 22.9 Å². The van der Waals surface area contributed by atoms with E-state index in [1.807, 2.05) is 0 Å². The van der Waals surface area contributed by atoms with Crippen LogP contribution in [-0.4, -0.2) is 24.7 Å². The van der Waals surface area contributed by atoms with Crippen LogP contribution in [0.25, 0.3) is 21.7 Å². The van der Waals surface area contributed by atoms with Crippen molar-refractivity contribution >= 4 is 53.7 Å². The molecule has 0 saturated carbocycles. The minimum absolute atomic E-state index is 0. The van der Waals surface area contributed by atoms with E-state index in [1.165, 1.54) is 13.0 Å². The maximum Gasteiger partial charge on any atom is 0.302 e. The van der Waals surface area contributed by atoms with Crippen molar-refractivity contribution in [2.45, 2.75) is 13.2 Å². The van der Waals surface area contributed by atoms with Gasteiger partial charge in [-0.15, -0.1) is 12.4 Å². The van der Waals surface area contributed by atoms with Gasteiger partial charge >= 0.3 is 5.97 Å². The van der Waals surface area contributed by atoms with Crippen molar-refractivity contribution in [1.82, 2.24) is 0 Å². The van der Waals surface area contributed by atoms with Crippen LogP contribution in [0.4, 0.5) is 0 Å². The van der Waals surface area contributed by atoms with E-state index in [2.05, 4.69) is 0 Å². The highest BCUT2D eigenvalue weighted by atomic mass is 35.5. The molecule has 0 aliphatic carbocycles. The second-order valence-corrected chi connectivity index (χ2v) is 4.81. The number of esters is 1. The molecule has 5 nitrogen and oxygen atoms in total. The molecule has 0 saturated heterocycles. The Labute approximate surface area is 139 Å². The lowest BCUT2D eigenvalue weighted by molar-refractivity contribution is -0.131. The van der Waals surface area contributed by atoms with E-state index in [4.69, 9.17) is 17.0 Å². The van der Waals surface area contributed by atoms with Crippen LogP contribution in [0, 0.1) is 0 Å². The van der Waals surface area contributed by atoms with Crippen LogP contribution in [-0.2, 0) is 4.79 Å². The normalized spacial score (nSPS) is 10.5. The summed E-state index contributed by atoms with van der Waals surface area (Å²) in [5, 5.41) is 11.7. The van der Waals surface area contributed by atoms with Gasteiger partial charge < -0.3 is 14.3 Å². The standard InChI is InChI=1S/C16H11BO5.ClH/c1-8(18)12-6-11-15(22-13(19)7-17)10-5-3-2-4-9(10)14(20)16(11)21-12;/h2-6,20H,7H2,1H3;1H. The number of phenols is 1. The molecule has 23 heavy (non-hydrogen) atoms. The second-order valence-electron chi connectivity index (χ2n) is 4.81. The van der Waals surface area contributed by atoms with Gasteiger partial charge in [-0.25, -0.2) is 0 Å². The molecule has 0 aliphatic heterocycles. The van der Waals surface area contributed by atoms with E-state index in [0.29, 0.717) is 16.2 Å². The van der Waals surface area contributed by atoms with Crippen molar-refractivity contribution in [2.24, 2.45) is 0 Å². The van der Waals surface area contributed by atoms with E-state index in [9.17, 15) is 14.7 Å². The van der Waals surface area contributed by atoms with Crippen LogP contribution < -0.4 is 4.74 Å². The number of Topliss-reactive ketones (excluding diaryl/α,β-unsaturated/α-hetero) is 1. The summed E-state index contributed by atoms with van der Waals surface area (Å²) < 4.78 is 10.7. The molecule has 0 atom stereocenters. The highest BCUT2D eigenvalue weighted by molar-refractivity contribution is 6.19. The van der Waals surface area contributed by atoms with Crippen molar-refractivity contribution in [3.63, 3.8) is 0 Å². The van der Waals surface area contributed by atoms with Crippen LogP contribution in [0.2, 0.25) is 6.32 Å². The zero-order valence-electron chi connectivity index (χ0n) is 12.2. The average Bonchev–Trinajstić information content (AvgIpc) is 2.97. The lowest BCUT2D eigenvalue weighted by Gasteiger charge is -2.10. The van der Waals surface area contributed by atoms with E-state index in [0.717, 1.165) is 0 Å². The van der Waals surface area contributed by atoms with Gasteiger partial charge in [-0.1, -0.05) is 24.3 Å². The lowest BCUT2D eigenvalue weighted by atomic mass is 10.0. The third-order valence-corrected chi connectivity index (χ3v) is 3.35. The Balaban J connectivity index is 0.00000192. The van der Waals surface area contributed by atoms with Crippen molar-refractivity contribution < 1.29 is 23.8 Å². The zero-order valence-corrected chi connectivity index (χ0v) is 13.0. The Bertz CT molecular complexity index is 916. The maximum absolute atomic E-state index is 11.6. The van der Waals surface area contributed by atoms with Crippen LogP contribution in [0.5, 0.6) is 11.5 Å². The van der Waals surface area contributed by atoms with Crippen molar-refractivity contribution in [1.29, 1.82) is 0 Å². The molecule has 1 aromatic heterocycles. The Morgan fingerprint density at radius 1 is 1.22 bits per heavy atom. The Morgan fingerprint density at radius 3 is 2.48 bits per heavy atom. The van der Waals surface area contributed by atoms with Crippen molar-refractivity contribution in [2.75, 3.05) is 0 Å². The SMILES string of the molecule is Cl.[B]CC(=O)Oc1c2ccccc2c(O)c2oc(C(C)=O)cc12. The predicted molar refractivity (Wildman–Crippen MR) is 88.8 cm³/mol. The smallest absolute Gasteiger partial charge is 0.302 e.